The number of benzene rings is 1. The van der Waals surface area contributed by atoms with E-state index >= 15 is 0 Å². The van der Waals surface area contributed by atoms with Crippen molar-refractivity contribution in [3.63, 3.8) is 0 Å². The molecule has 0 amide bonds. The van der Waals surface area contributed by atoms with Gasteiger partial charge >= 0.3 is 0 Å². The average Bonchev–Trinajstić information content (AvgIpc) is 2.15. The molecule has 0 aromatic heterocycles. The summed E-state index contributed by atoms with van der Waals surface area (Å²) in [5, 5.41) is 9.02. The highest BCUT2D eigenvalue weighted by molar-refractivity contribution is 9.10. The van der Waals surface area contributed by atoms with Crippen LogP contribution in [0.2, 0.25) is 0 Å². The highest BCUT2D eigenvalue weighted by atomic mass is 79.9. The fourth-order valence-electron chi connectivity index (χ4n) is 1.17. The van der Waals surface area contributed by atoms with Crippen LogP contribution in [0.15, 0.2) is 27.6 Å². The smallest absolute Gasteiger partial charge is 0.241 e. The number of rotatable bonds is 5. The van der Waals surface area contributed by atoms with Crippen LogP contribution in [0.3, 0.4) is 0 Å². The van der Waals surface area contributed by atoms with E-state index in [1.165, 1.54) is 6.07 Å². The Morgan fingerprint density at radius 1 is 1.53 bits per heavy atom. The lowest BCUT2D eigenvalue weighted by molar-refractivity contribution is 0.186. The highest BCUT2D eigenvalue weighted by Gasteiger charge is 2.17. The zero-order chi connectivity index (χ0) is 13.1. The molecule has 96 valence electrons. The maximum atomic E-state index is 12.8. The van der Waals surface area contributed by atoms with Gasteiger partial charge in [0.1, 0.15) is 5.82 Å². The lowest BCUT2D eigenvalue weighted by Crippen LogP contribution is -2.27. The Hall–Kier alpha value is -0.500. The van der Waals surface area contributed by atoms with Crippen LogP contribution in [-0.2, 0) is 10.0 Å². The molecule has 1 rings (SSSR count). The van der Waals surface area contributed by atoms with Gasteiger partial charge in [0.15, 0.2) is 0 Å². The molecule has 0 radical (unpaired) electrons. The SMILES string of the molecule is CC(O)CCNS(=O)(=O)c1ccc(F)cc1Br. The molecule has 0 spiro atoms. The summed E-state index contributed by atoms with van der Waals surface area (Å²) >= 11 is 3.00. The molecule has 0 saturated carbocycles. The van der Waals surface area contributed by atoms with Crippen molar-refractivity contribution < 1.29 is 17.9 Å². The van der Waals surface area contributed by atoms with Crippen molar-refractivity contribution in [2.75, 3.05) is 6.54 Å². The molecule has 1 aromatic rings. The Balaban J connectivity index is 2.83. The Morgan fingerprint density at radius 2 is 2.18 bits per heavy atom. The van der Waals surface area contributed by atoms with Crippen LogP contribution in [0.25, 0.3) is 0 Å². The second kappa shape index (κ2) is 5.90. The average molecular weight is 326 g/mol. The molecule has 0 aliphatic carbocycles. The lowest BCUT2D eigenvalue weighted by atomic mass is 10.3. The maximum absolute atomic E-state index is 12.8. The molecular weight excluding hydrogens is 313 g/mol. The van der Waals surface area contributed by atoms with Crippen LogP contribution in [0.1, 0.15) is 13.3 Å². The van der Waals surface area contributed by atoms with E-state index in [1.807, 2.05) is 0 Å². The van der Waals surface area contributed by atoms with Crippen molar-refractivity contribution in [1.82, 2.24) is 4.72 Å². The molecule has 1 atom stereocenters. The third kappa shape index (κ3) is 4.34. The fraction of sp³-hybridized carbons (Fsp3) is 0.400. The number of sulfonamides is 1. The summed E-state index contributed by atoms with van der Waals surface area (Å²) in [4.78, 5) is -0.0236. The Kier molecular flexibility index (Phi) is 5.05. The second-order valence-corrected chi connectivity index (χ2v) is 6.20. The molecule has 4 nitrogen and oxygen atoms in total. The largest absolute Gasteiger partial charge is 0.393 e. The first-order valence-corrected chi connectivity index (χ1v) is 7.23. The number of aliphatic hydroxyl groups is 1. The van der Waals surface area contributed by atoms with Gasteiger partial charge < -0.3 is 5.11 Å². The monoisotopic (exact) mass is 325 g/mol. The summed E-state index contributed by atoms with van der Waals surface area (Å²) in [6.07, 6.45) is -0.257. The molecule has 0 aliphatic heterocycles. The topological polar surface area (TPSA) is 66.4 Å². The molecule has 2 N–H and O–H groups in total. The highest BCUT2D eigenvalue weighted by Crippen LogP contribution is 2.22. The third-order valence-electron chi connectivity index (χ3n) is 2.04. The molecule has 0 bridgehead atoms. The van der Waals surface area contributed by atoms with Crippen LogP contribution in [-0.4, -0.2) is 26.2 Å². The van der Waals surface area contributed by atoms with E-state index in [1.54, 1.807) is 6.92 Å². The van der Waals surface area contributed by atoms with E-state index in [0.717, 1.165) is 12.1 Å². The number of hydrogen-bond acceptors (Lipinski definition) is 3. The standard InChI is InChI=1S/C10H13BrFNO3S/c1-7(14)4-5-13-17(15,16)10-3-2-8(12)6-9(10)11/h2-3,6-7,13-14H,4-5H2,1H3. The number of halogens is 2. The second-order valence-electron chi connectivity index (χ2n) is 3.61. The Bertz CT molecular complexity index is 490. The van der Waals surface area contributed by atoms with Gasteiger partial charge in [0.2, 0.25) is 10.0 Å². The van der Waals surface area contributed by atoms with Crippen molar-refractivity contribution in [1.29, 1.82) is 0 Å². The fourth-order valence-corrected chi connectivity index (χ4v) is 3.27. The van der Waals surface area contributed by atoms with Gasteiger partial charge in [-0.2, -0.15) is 0 Å². The molecule has 0 saturated heterocycles. The van der Waals surface area contributed by atoms with Gasteiger partial charge in [0.25, 0.3) is 0 Å². The van der Waals surface area contributed by atoms with E-state index in [-0.39, 0.29) is 15.9 Å². The quantitative estimate of drug-likeness (QED) is 0.864. The molecule has 1 aromatic carbocycles. The summed E-state index contributed by atoms with van der Waals surface area (Å²) in [5.41, 5.74) is 0. The summed E-state index contributed by atoms with van der Waals surface area (Å²) in [6.45, 7) is 1.70. The molecular formula is C10H13BrFNO3S. The first kappa shape index (κ1) is 14.6. The van der Waals surface area contributed by atoms with Crippen LogP contribution >= 0.6 is 15.9 Å². The van der Waals surface area contributed by atoms with E-state index in [2.05, 4.69) is 20.7 Å². The summed E-state index contributed by atoms with van der Waals surface area (Å²) in [7, 11) is -3.68. The Morgan fingerprint density at radius 3 is 2.71 bits per heavy atom. The number of nitrogens with one attached hydrogen (secondary N) is 1. The summed E-state index contributed by atoms with van der Waals surface area (Å²) in [5.74, 6) is -0.514. The number of aliphatic hydroxyl groups excluding tert-OH is 1. The van der Waals surface area contributed by atoms with Crippen molar-refractivity contribution in [2.24, 2.45) is 0 Å². The van der Waals surface area contributed by atoms with Gasteiger partial charge in [0, 0.05) is 11.0 Å². The first-order valence-electron chi connectivity index (χ1n) is 4.95. The van der Waals surface area contributed by atoms with Crippen LogP contribution in [0, 0.1) is 5.82 Å². The van der Waals surface area contributed by atoms with Crippen molar-refractivity contribution >= 4 is 26.0 Å². The van der Waals surface area contributed by atoms with Crippen LogP contribution < -0.4 is 4.72 Å². The van der Waals surface area contributed by atoms with E-state index < -0.39 is 21.9 Å². The van der Waals surface area contributed by atoms with E-state index in [9.17, 15) is 12.8 Å². The first-order chi connectivity index (χ1) is 7.83. The van der Waals surface area contributed by atoms with Gasteiger partial charge in [-0.25, -0.2) is 17.5 Å². The molecule has 0 aliphatic rings. The minimum atomic E-state index is -3.68. The van der Waals surface area contributed by atoms with E-state index in [4.69, 9.17) is 5.11 Å². The lowest BCUT2D eigenvalue weighted by Gasteiger charge is -2.09. The van der Waals surface area contributed by atoms with Gasteiger partial charge in [-0.1, -0.05) is 0 Å². The third-order valence-corrected chi connectivity index (χ3v) is 4.48. The molecule has 17 heavy (non-hydrogen) atoms. The summed E-state index contributed by atoms with van der Waals surface area (Å²) < 4.78 is 38.9. The normalized spacial score (nSPS) is 13.6. The predicted molar refractivity (Wildman–Crippen MR) is 65.6 cm³/mol. The van der Waals surface area contributed by atoms with Gasteiger partial charge in [0.05, 0.1) is 11.0 Å². The summed E-state index contributed by atoms with van der Waals surface area (Å²) in [6, 6.07) is 3.35. The van der Waals surface area contributed by atoms with Crippen LogP contribution in [0.5, 0.6) is 0 Å². The van der Waals surface area contributed by atoms with Crippen molar-refractivity contribution in [3.05, 3.63) is 28.5 Å². The van der Waals surface area contributed by atoms with E-state index in [0.29, 0.717) is 6.42 Å². The van der Waals surface area contributed by atoms with Crippen molar-refractivity contribution in [2.45, 2.75) is 24.3 Å². The minimum Gasteiger partial charge on any atom is -0.393 e. The number of hydrogen-bond donors (Lipinski definition) is 2. The Labute approximate surface area is 108 Å². The van der Waals surface area contributed by atoms with Crippen LogP contribution in [0.4, 0.5) is 4.39 Å². The van der Waals surface area contributed by atoms with Gasteiger partial charge in [-0.15, -0.1) is 0 Å². The molecule has 0 fully saturated rings. The molecule has 1 unspecified atom stereocenters. The maximum Gasteiger partial charge on any atom is 0.241 e. The van der Waals surface area contributed by atoms with Gasteiger partial charge in [-0.3, -0.25) is 0 Å². The van der Waals surface area contributed by atoms with Crippen molar-refractivity contribution in [3.8, 4) is 0 Å². The zero-order valence-electron chi connectivity index (χ0n) is 9.15. The molecule has 7 heteroatoms. The predicted octanol–water partition coefficient (Wildman–Crippen LogP) is 1.64. The zero-order valence-corrected chi connectivity index (χ0v) is 11.6. The minimum absolute atomic E-state index is 0.0236. The van der Waals surface area contributed by atoms with Gasteiger partial charge in [-0.05, 0) is 47.5 Å². The molecule has 0 heterocycles.